The van der Waals surface area contributed by atoms with Gasteiger partial charge in [-0.1, -0.05) is 18.2 Å². The predicted molar refractivity (Wildman–Crippen MR) is 76.1 cm³/mol. The highest BCUT2D eigenvalue weighted by molar-refractivity contribution is 5.85. The van der Waals surface area contributed by atoms with Gasteiger partial charge in [0.2, 0.25) is 0 Å². The van der Waals surface area contributed by atoms with Gasteiger partial charge in [0.25, 0.3) is 0 Å². The molecule has 3 nitrogen and oxygen atoms in total. The number of fused-ring (bicyclic) bond motifs is 1. The standard InChI is InChI=1S/C15H22N2O/c1-12-13(8-10-18-11-9-16-2)14-6-4-5-7-15(14)17(12)3/h4-7,16H,8-11H2,1-3H3. The van der Waals surface area contributed by atoms with Crippen molar-refractivity contribution in [2.75, 3.05) is 26.8 Å². The zero-order valence-electron chi connectivity index (χ0n) is 11.5. The molecule has 2 rings (SSSR count). The largest absolute Gasteiger partial charge is 0.380 e. The number of hydrogen-bond acceptors (Lipinski definition) is 2. The molecule has 0 unspecified atom stereocenters. The summed E-state index contributed by atoms with van der Waals surface area (Å²) < 4.78 is 7.88. The van der Waals surface area contributed by atoms with Crippen LogP contribution < -0.4 is 5.32 Å². The summed E-state index contributed by atoms with van der Waals surface area (Å²) in [7, 11) is 4.07. The maximum absolute atomic E-state index is 5.62. The van der Waals surface area contributed by atoms with Crippen LogP contribution in [-0.2, 0) is 18.2 Å². The second-order valence-electron chi connectivity index (χ2n) is 4.61. The summed E-state index contributed by atoms with van der Waals surface area (Å²) in [5, 5.41) is 4.44. The van der Waals surface area contributed by atoms with Gasteiger partial charge in [-0.15, -0.1) is 0 Å². The third-order valence-corrected chi connectivity index (χ3v) is 3.52. The van der Waals surface area contributed by atoms with Crippen LogP contribution in [0.4, 0.5) is 0 Å². The van der Waals surface area contributed by atoms with E-state index in [0.29, 0.717) is 0 Å². The number of ether oxygens (including phenoxy) is 1. The molecule has 0 fully saturated rings. The minimum atomic E-state index is 0.778. The fourth-order valence-electron chi connectivity index (χ4n) is 2.37. The molecule has 1 aromatic carbocycles. The van der Waals surface area contributed by atoms with Crippen LogP contribution >= 0.6 is 0 Å². The summed E-state index contributed by atoms with van der Waals surface area (Å²) in [5.41, 5.74) is 4.06. The van der Waals surface area contributed by atoms with Crippen LogP contribution in [0.15, 0.2) is 24.3 Å². The van der Waals surface area contributed by atoms with Gasteiger partial charge < -0.3 is 14.6 Å². The number of para-hydroxylation sites is 1. The van der Waals surface area contributed by atoms with Crippen LogP contribution in [-0.4, -0.2) is 31.4 Å². The molecule has 0 radical (unpaired) electrons. The average molecular weight is 246 g/mol. The Balaban J connectivity index is 2.10. The molecule has 1 N–H and O–H groups in total. The molecule has 98 valence electrons. The molecule has 0 saturated heterocycles. The normalized spacial score (nSPS) is 11.3. The molecule has 0 bridgehead atoms. The lowest BCUT2D eigenvalue weighted by molar-refractivity contribution is 0.140. The van der Waals surface area contributed by atoms with Gasteiger partial charge >= 0.3 is 0 Å². The first-order valence-corrected chi connectivity index (χ1v) is 6.51. The van der Waals surface area contributed by atoms with E-state index in [4.69, 9.17) is 4.74 Å². The third-order valence-electron chi connectivity index (χ3n) is 3.52. The number of hydrogen-bond donors (Lipinski definition) is 1. The van der Waals surface area contributed by atoms with E-state index in [2.05, 4.69) is 48.1 Å². The Morgan fingerprint density at radius 1 is 1.22 bits per heavy atom. The van der Waals surface area contributed by atoms with Crippen LogP contribution in [0.2, 0.25) is 0 Å². The second kappa shape index (κ2) is 6.03. The average Bonchev–Trinajstić information content (AvgIpc) is 2.64. The van der Waals surface area contributed by atoms with Gasteiger partial charge in [0, 0.05) is 30.2 Å². The SMILES string of the molecule is CNCCOCCc1c(C)n(C)c2ccccc12. The summed E-state index contributed by atoms with van der Waals surface area (Å²) in [5.74, 6) is 0. The summed E-state index contributed by atoms with van der Waals surface area (Å²) in [4.78, 5) is 0. The van der Waals surface area contributed by atoms with Crippen LogP contribution in [0.1, 0.15) is 11.3 Å². The van der Waals surface area contributed by atoms with Crippen molar-refractivity contribution in [3.8, 4) is 0 Å². The fraction of sp³-hybridized carbons (Fsp3) is 0.467. The molecule has 0 saturated carbocycles. The van der Waals surface area contributed by atoms with Crippen molar-refractivity contribution in [2.45, 2.75) is 13.3 Å². The zero-order chi connectivity index (χ0) is 13.0. The van der Waals surface area contributed by atoms with Crippen molar-refractivity contribution >= 4 is 10.9 Å². The first kappa shape index (κ1) is 13.1. The Hall–Kier alpha value is -1.32. The van der Waals surface area contributed by atoms with E-state index < -0.39 is 0 Å². The fourth-order valence-corrected chi connectivity index (χ4v) is 2.37. The van der Waals surface area contributed by atoms with E-state index in [9.17, 15) is 0 Å². The summed E-state index contributed by atoms with van der Waals surface area (Å²) in [6.07, 6.45) is 0.983. The molecule has 0 amide bonds. The molecular formula is C15H22N2O. The molecule has 18 heavy (non-hydrogen) atoms. The molecule has 2 aromatic rings. The van der Waals surface area contributed by atoms with E-state index in [1.54, 1.807) is 0 Å². The number of aryl methyl sites for hydroxylation is 1. The van der Waals surface area contributed by atoms with E-state index in [0.717, 1.165) is 26.2 Å². The summed E-state index contributed by atoms with van der Waals surface area (Å²) in [6, 6.07) is 8.57. The minimum Gasteiger partial charge on any atom is -0.380 e. The molecular weight excluding hydrogens is 224 g/mol. The minimum absolute atomic E-state index is 0.778. The van der Waals surface area contributed by atoms with Crippen LogP contribution in [0, 0.1) is 6.92 Å². The van der Waals surface area contributed by atoms with Crippen molar-refractivity contribution in [1.82, 2.24) is 9.88 Å². The van der Waals surface area contributed by atoms with Gasteiger partial charge in [-0.25, -0.2) is 0 Å². The van der Waals surface area contributed by atoms with E-state index >= 15 is 0 Å². The lowest BCUT2D eigenvalue weighted by Crippen LogP contribution is -2.15. The van der Waals surface area contributed by atoms with Crippen molar-refractivity contribution < 1.29 is 4.74 Å². The zero-order valence-corrected chi connectivity index (χ0v) is 11.5. The van der Waals surface area contributed by atoms with Crippen molar-refractivity contribution in [1.29, 1.82) is 0 Å². The first-order chi connectivity index (χ1) is 8.75. The number of aromatic nitrogens is 1. The Bertz CT molecular complexity index is 516. The molecule has 0 atom stereocenters. The quantitative estimate of drug-likeness (QED) is 0.791. The van der Waals surface area contributed by atoms with Gasteiger partial charge in [-0.3, -0.25) is 0 Å². The highest BCUT2D eigenvalue weighted by atomic mass is 16.5. The van der Waals surface area contributed by atoms with E-state index in [-0.39, 0.29) is 0 Å². The van der Waals surface area contributed by atoms with Gasteiger partial charge in [-0.05, 0) is 32.0 Å². The van der Waals surface area contributed by atoms with Gasteiger partial charge in [0.1, 0.15) is 0 Å². The van der Waals surface area contributed by atoms with Crippen LogP contribution in [0.25, 0.3) is 10.9 Å². The van der Waals surface area contributed by atoms with Crippen LogP contribution in [0.5, 0.6) is 0 Å². The number of rotatable bonds is 6. The monoisotopic (exact) mass is 246 g/mol. The predicted octanol–water partition coefficient (Wildman–Crippen LogP) is 2.27. The molecule has 0 aliphatic rings. The highest BCUT2D eigenvalue weighted by Crippen LogP contribution is 2.24. The van der Waals surface area contributed by atoms with Gasteiger partial charge in [0.15, 0.2) is 0 Å². The van der Waals surface area contributed by atoms with Crippen molar-refractivity contribution in [3.05, 3.63) is 35.5 Å². The van der Waals surface area contributed by atoms with Gasteiger partial charge in [0.05, 0.1) is 13.2 Å². The lowest BCUT2D eigenvalue weighted by atomic mass is 10.1. The van der Waals surface area contributed by atoms with Gasteiger partial charge in [-0.2, -0.15) is 0 Å². The maximum atomic E-state index is 5.62. The molecule has 1 aromatic heterocycles. The Kier molecular flexibility index (Phi) is 4.39. The molecule has 3 heteroatoms. The van der Waals surface area contributed by atoms with E-state index in [1.807, 2.05) is 7.05 Å². The number of likely N-dealkylation sites (N-methyl/N-ethyl adjacent to an activating group) is 1. The number of nitrogens with zero attached hydrogens (tertiary/aromatic N) is 1. The molecule has 1 heterocycles. The van der Waals surface area contributed by atoms with Crippen LogP contribution in [0.3, 0.4) is 0 Å². The third kappa shape index (κ3) is 2.57. The number of benzene rings is 1. The van der Waals surface area contributed by atoms with Crippen molar-refractivity contribution in [3.63, 3.8) is 0 Å². The Labute approximate surface area is 109 Å². The van der Waals surface area contributed by atoms with Crippen molar-refractivity contribution in [2.24, 2.45) is 7.05 Å². The Morgan fingerprint density at radius 2 is 2.00 bits per heavy atom. The Morgan fingerprint density at radius 3 is 2.78 bits per heavy atom. The summed E-state index contributed by atoms with van der Waals surface area (Å²) >= 11 is 0. The molecule has 0 spiro atoms. The topological polar surface area (TPSA) is 26.2 Å². The smallest absolute Gasteiger partial charge is 0.0590 e. The van der Waals surface area contributed by atoms with E-state index in [1.165, 1.54) is 22.2 Å². The highest BCUT2D eigenvalue weighted by Gasteiger charge is 2.10. The lowest BCUT2D eigenvalue weighted by Gasteiger charge is -2.05. The maximum Gasteiger partial charge on any atom is 0.0590 e. The summed E-state index contributed by atoms with van der Waals surface area (Å²) in [6.45, 7) is 4.66. The first-order valence-electron chi connectivity index (χ1n) is 6.51. The molecule has 0 aliphatic heterocycles. The second-order valence-corrected chi connectivity index (χ2v) is 4.61. The molecule has 0 aliphatic carbocycles. The number of nitrogens with one attached hydrogen (secondary N) is 1.